The van der Waals surface area contributed by atoms with Gasteiger partial charge in [-0.25, -0.2) is 9.59 Å². The van der Waals surface area contributed by atoms with Crippen LogP contribution in [0.5, 0.6) is 0 Å². The maximum absolute atomic E-state index is 12.2. The van der Waals surface area contributed by atoms with Crippen LogP contribution in [0.1, 0.15) is 50.7 Å². The van der Waals surface area contributed by atoms with E-state index in [-0.39, 0.29) is 17.6 Å². The summed E-state index contributed by atoms with van der Waals surface area (Å²) in [6.07, 6.45) is 0.506. The van der Waals surface area contributed by atoms with Crippen LogP contribution in [-0.2, 0) is 9.47 Å². The summed E-state index contributed by atoms with van der Waals surface area (Å²) in [6, 6.07) is 16.4. The van der Waals surface area contributed by atoms with Crippen molar-refractivity contribution in [1.29, 1.82) is 0 Å². The van der Waals surface area contributed by atoms with Gasteiger partial charge in [-0.2, -0.15) is 0 Å². The fourth-order valence-electron chi connectivity index (χ4n) is 3.73. The molecule has 33 heavy (non-hydrogen) atoms. The Kier molecular flexibility index (Phi) is 8.27. The summed E-state index contributed by atoms with van der Waals surface area (Å²) in [5, 5.41) is 8.45. The minimum Gasteiger partial charge on any atom is -0.448 e. The number of hydrogen-bond acceptors (Lipinski definition) is 5. The first-order chi connectivity index (χ1) is 15.7. The molecule has 0 aromatic heterocycles. The zero-order valence-electron chi connectivity index (χ0n) is 19.3. The van der Waals surface area contributed by atoms with E-state index in [4.69, 9.17) is 21.7 Å². The summed E-state index contributed by atoms with van der Waals surface area (Å²) in [5.41, 5.74) is 4.17. The topological polar surface area (TPSA) is 88.7 Å². The summed E-state index contributed by atoms with van der Waals surface area (Å²) < 4.78 is 10.7. The second kappa shape index (κ2) is 11.1. The van der Waals surface area contributed by atoms with Gasteiger partial charge in [0.2, 0.25) is 0 Å². The molecule has 0 saturated heterocycles. The highest BCUT2D eigenvalue weighted by Crippen LogP contribution is 2.44. The molecule has 8 heteroatoms. The van der Waals surface area contributed by atoms with Gasteiger partial charge in [-0.05, 0) is 68.1 Å². The summed E-state index contributed by atoms with van der Waals surface area (Å²) in [6.45, 7) is 6.77. The van der Waals surface area contributed by atoms with E-state index < -0.39 is 17.8 Å². The standard InChI is InChI=1S/C25H31N3O4S/c1-25(2,3)32-23(29)27-15-9-8-14-26-22(33)28-24(30)31-16-21-19-12-6-4-10-17(19)18-11-5-7-13-20(18)21/h4-7,10-13,21H,8-9,14-16H2,1-3H3,(H,27,29)(H2,26,28,30,33). The molecule has 0 heterocycles. The number of benzene rings is 2. The Balaban J connectivity index is 1.35. The molecule has 0 spiro atoms. The number of ether oxygens (including phenoxy) is 2. The van der Waals surface area contributed by atoms with Crippen molar-refractivity contribution in [3.8, 4) is 11.1 Å². The van der Waals surface area contributed by atoms with Crippen LogP contribution in [0.2, 0.25) is 0 Å². The third-order valence-electron chi connectivity index (χ3n) is 5.12. The molecule has 0 radical (unpaired) electrons. The number of hydrogen-bond donors (Lipinski definition) is 3. The maximum Gasteiger partial charge on any atom is 0.413 e. The average molecular weight is 470 g/mol. The van der Waals surface area contributed by atoms with Crippen LogP contribution < -0.4 is 16.0 Å². The van der Waals surface area contributed by atoms with E-state index in [1.54, 1.807) is 0 Å². The van der Waals surface area contributed by atoms with Crippen LogP contribution in [0.25, 0.3) is 11.1 Å². The summed E-state index contributed by atoms with van der Waals surface area (Å²) in [4.78, 5) is 23.8. The van der Waals surface area contributed by atoms with Crippen LogP contribution in [-0.4, -0.2) is 42.6 Å². The fraction of sp³-hybridized carbons (Fsp3) is 0.400. The van der Waals surface area contributed by atoms with Crippen LogP contribution in [0.15, 0.2) is 48.5 Å². The van der Waals surface area contributed by atoms with Gasteiger partial charge >= 0.3 is 12.2 Å². The number of carbonyl (C=O) groups is 2. The first-order valence-corrected chi connectivity index (χ1v) is 11.5. The van der Waals surface area contributed by atoms with Gasteiger partial charge in [-0.15, -0.1) is 0 Å². The molecule has 0 saturated carbocycles. The zero-order chi connectivity index (χ0) is 23.8. The molecule has 0 fully saturated rings. The van der Waals surface area contributed by atoms with Gasteiger partial charge in [0, 0.05) is 19.0 Å². The highest BCUT2D eigenvalue weighted by Gasteiger charge is 2.29. The molecule has 0 bridgehead atoms. The summed E-state index contributed by atoms with van der Waals surface area (Å²) >= 11 is 5.17. The van der Waals surface area contributed by atoms with Crippen molar-refractivity contribution < 1.29 is 19.1 Å². The average Bonchev–Trinajstić information content (AvgIpc) is 3.07. The Morgan fingerprint density at radius 1 is 0.879 bits per heavy atom. The van der Waals surface area contributed by atoms with E-state index in [0.29, 0.717) is 13.1 Å². The molecule has 0 atom stereocenters. The highest BCUT2D eigenvalue weighted by atomic mass is 32.1. The van der Waals surface area contributed by atoms with Crippen molar-refractivity contribution in [2.24, 2.45) is 0 Å². The molecule has 0 aliphatic heterocycles. The lowest BCUT2D eigenvalue weighted by molar-refractivity contribution is 0.0527. The van der Waals surface area contributed by atoms with E-state index in [9.17, 15) is 9.59 Å². The van der Waals surface area contributed by atoms with Crippen molar-refractivity contribution >= 4 is 29.5 Å². The van der Waals surface area contributed by atoms with E-state index >= 15 is 0 Å². The monoisotopic (exact) mass is 469 g/mol. The zero-order valence-corrected chi connectivity index (χ0v) is 20.1. The predicted octanol–water partition coefficient (Wildman–Crippen LogP) is 4.70. The van der Waals surface area contributed by atoms with Gasteiger partial charge in [-0.1, -0.05) is 48.5 Å². The molecule has 1 aliphatic rings. The maximum atomic E-state index is 12.2. The number of rotatable bonds is 7. The second-order valence-electron chi connectivity index (χ2n) is 8.84. The van der Waals surface area contributed by atoms with Crippen molar-refractivity contribution in [3.05, 3.63) is 59.7 Å². The number of alkyl carbamates (subject to hydrolysis) is 2. The molecule has 1 aliphatic carbocycles. The molecule has 2 aromatic carbocycles. The Morgan fingerprint density at radius 2 is 1.42 bits per heavy atom. The quantitative estimate of drug-likeness (QED) is 0.402. The van der Waals surface area contributed by atoms with E-state index in [1.807, 2.05) is 45.0 Å². The first kappa shape index (κ1) is 24.5. The number of amides is 2. The number of carbonyl (C=O) groups excluding carboxylic acids is 2. The second-order valence-corrected chi connectivity index (χ2v) is 9.25. The van der Waals surface area contributed by atoms with Crippen LogP contribution in [0, 0.1) is 0 Å². The fourth-order valence-corrected chi connectivity index (χ4v) is 3.91. The number of unbranched alkanes of at least 4 members (excludes halogenated alkanes) is 1. The largest absolute Gasteiger partial charge is 0.448 e. The van der Waals surface area contributed by atoms with Crippen molar-refractivity contribution in [3.63, 3.8) is 0 Å². The smallest absolute Gasteiger partial charge is 0.413 e. The molecule has 7 nitrogen and oxygen atoms in total. The predicted molar refractivity (Wildman–Crippen MR) is 132 cm³/mol. The molecular formula is C25H31N3O4S. The Morgan fingerprint density at radius 3 is 2.00 bits per heavy atom. The van der Waals surface area contributed by atoms with Gasteiger partial charge in [-0.3, -0.25) is 5.32 Å². The van der Waals surface area contributed by atoms with Crippen molar-refractivity contribution in [2.75, 3.05) is 19.7 Å². The van der Waals surface area contributed by atoms with Gasteiger partial charge in [0.05, 0.1) is 0 Å². The summed E-state index contributed by atoms with van der Waals surface area (Å²) in [7, 11) is 0. The lowest BCUT2D eigenvalue weighted by Crippen LogP contribution is -2.40. The molecule has 3 rings (SSSR count). The van der Waals surface area contributed by atoms with Crippen LogP contribution in [0.3, 0.4) is 0 Å². The molecular weight excluding hydrogens is 438 g/mol. The first-order valence-electron chi connectivity index (χ1n) is 11.1. The number of nitrogens with one attached hydrogen (secondary N) is 3. The van der Waals surface area contributed by atoms with E-state index in [1.165, 1.54) is 11.1 Å². The van der Waals surface area contributed by atoms with Crippen LogP contribution >= 0.6 is 12.2 Å². The van der Waals surface area contributed by atoms with E-state index in [2.05, 4.69) is 40.2 Å². The van der Waals surface area contributed by atoms with Gasteiger partial charge in [0.15, 0.2) is 5.11 Å². The van der Waals surface area contributed by atoms with Gasteiger partial charge in [0.25, 0.3) is 0 Å². The number of fused-ring (bicyclic) bond motifs is 3. The lowest BCUT2D eigenvalue weighted by Gasteiger charge is -2.19. The molecule has 3 N–H and O–H groups in total. The van der Waals surface area contributed by atoms with Gasteiger partial charge < -0.3 is 20.1 Å². The third-order valence-corrected chi connectivity index (χ3v) is 5.36. The van der Waals surface area contributed by atoms with Gasteiger partial charge in [0.1, 0.15) is 12.2 Å². The Labute approximate surface area is 200 Å². The third kappa shape index (κ3) is 7.18. The molecule has 2 amide bonds. The minimum atomic E-state index is -0.582. The van der Waals surface area contributed by atoms with Crippen molar-refractivity contribution in [1.82, 2.24) is 16.0 Å². The van der Waals surface area contributed by atoms with E-state index in [0.717, 1.165) is 24.0 Å². The highest BCUT2D eigenvalue weighted by molar-refractivity contribution is 7.80. The Hall–Kier alpha value is -3.13. The SMILES string of the molecule is CC(C)(C)OC(=O)NCCCCNC(=S)NC(=O)OCC1c2ccccc2-c2ccccc21. The minimum absolute atomic E-state index is 0.00199. The molecule has 2 aromatic rings. The summed E-state index contributed by atoms with van der Waals surface area (Å²) in [5.74, 6) is 0.00199. The van der Waals surface area contributed by atoms with Crippen LogP contribution in [0.4, 0.5) is 9.59 Å². The molecule has 176 valence electrons. The lowest BCUT2D eigenvalue weighted by atomic mass is 9.98. The molecule has 0 unspecified atom stereocenters. The number of thiocarbonyl (C=S) groups is 1. The Bertz CT molecular complexity index is 958. The van der Waals surface area contributed by atoms with Crippen molar-refractivity contribution in [2.45, 2.75) is 45.1 Å². The normalized spacial score (nSPS) is 12.3.